The number of rotatable bonds is 2. The van der Waals surface area contributed by atoms with Crippen molar-refractivity contribution in [2.45, 2.75) is 12.5 Å². The molecule has 1 atom stereocenters. The molecule has 3 nitrogen and oxygen atoms in total. The lowest BCUT2D eigenvalue weighted by atomic mass is 10.1. The van der Waals surface area contributed by atoms with Gasteiger partial charge in [-0.05, 0) is 17.7 Å². The number of fused-ring (bicyclic) bond motifs is 1. The van der Waals surface area contributed by atoms with Crippen LogP contribution in [0.2, 0.25) is 0 Å². The molecule has 0 aliphatic carbocycles. The van der Waals surface area contributed by atoms with Gasteiger partial charge in [0.05, 0.1) is 17.4 Å². The van der Waals surface area contributed by atoms with Crippen LogP contribution in [0.5, 0.6) is 0 Å². The van der Waals surface area contributed by atoms with Crippen LogP contribution in [-0.4, -0.2) is 21.1 Å². The van der Waals surface area contributed by atoms with Gasteiger partial charge in [0, 0.05) is 7.05 Å². The minimum absolute atomic E-state index is 0.191. The molecule has 80 valence electrons. The second-order valence-electron chi connectivity index (χ2n) is 3.38. The Morgan fingerprint density at radius 3 is 2.80 bits per heavy atom. The first-order valence-corrected chi connectivity index (χ1v) is 4.47. The third-order valence-corrected chi connectivity index (χ3v) is 2.33. The predicted octanol–water partition coefficient (Wildman–Crippen LogP) is 1.87. The van der Waals surface area contributed by atoms with Crippen molar-refractivity contribution in [3.63, 3.8) is 0 Å². The van der Waals surface area contributed by atoms with Crippen LogP contribution in [0.1, 0.15) is 11.7 Å². The summed E-state index contributed by atoms with van der Waals surface area (Å²) in [6, 6.07) is 4.64. The molecular weight excluding hydrogens is 202 g/mol. The summed E-state index contributed by atoms with van der Waals surface area (Å²) in [5.41, 5.74) is 1.64. The van der Waals surface area contributed by atoms with Gasteiger partial charge in [0.25, 0.3) is 6.43 Å². The van der Waals surface area contributed by atoms with Crippen molar-refractivity contribution in [3.05, 3.63) is 30.1 Å². The topological polar surface area (TPSA) is 38.0 Å². The number of halogens is 2. The van der Waals surface area contributed by atoms with Crippen LogP contribution < -0.4 is 0 Å². The highest BCUT2D eigenvalue weighted by Gasteiger charge is 2.19. The van der Waals surface area contributed by atoms with Crippen molar-refractivity contribution >= 4 is 11.0 Å². The summed E-state index contributed by atoms with van der Waals surface area (Å²) < 4.78 is 26.3. The molecule has 0 saturated carbocycles. The van der Waals surface area contributed by atoms with Crippen LogP contribution in [0.4, 0.5) is 8.78 Å². The van der Waals surface area contributed by atoms with Crippen molar-refractivity contribution < 1.29 is 13.9 Å². The highest BCUT2D eigenvalue weighted by atomic mass is 19.3. The van der Waals surface area contributed by atoms with E-state index in [9.17, 15) is 13.9 Å². The third-order valence-electron chi connectivity index (χ3n) is 2.33. The first-order chi connectivity index (χ1) is 7.09. The van der Waals surface area contributed by atoms with Gasteiger partial charge in [-0.2, -0.15) is 0 Å². The van der Waals surface area contributed by atoms with E-state index in [1.165, 1.54) is 12.1 Å². The Balaban J connectivity index is 2.47. The molecule has 1 heterocycles. The minimum atomic E-state index is -2.77. The highest BCUT2D eigenvalue weighted by Crippen LogP contribution is 2.23. The van der Waals surface area contributed by atoms with Crippen molar-refractivity contribution in [1.82, 2.24) is 9.55 Å². The molecule has 0 aliphatic rings. The first kappa shape index (κ1) is 10.0. The van der Waals surface area contributed by atoms with Crippen LogP contribution in [0.3, 0.4) is 0 Å². The van der Waals surface area contributed by atoms with Gasteiger partial charge in [-0.25, -0.2) is 13.8 Å². The van der Waals surface area contributed by atoms with Crippen LogP contribution in [0, 0.1) is 0 Å². The fourth-order valence-corrected chi connectivity index (χ4v) is 1.48. The molecule has 5 heteroatoms. The number of nitrogens with zero attached hydrogens (tertiary/aromatic N) is 2. The zero-order valence-corrected chi connectivity index (χ0v) is 8.06. The number of aryl methyl sites for hydroxylation is 1. The Labute approximate surface area is 85.0 Å². The summed E-state index contributed by atoms with van der Waals surface area (Å²) in [7, 11) is 1.82. The van der Waals surface area contributed by atoms with Gasteiger partial charge in [0.2, 0.25) is 0 Å². The van der Waals surface area contributed by atoms with E-state index >= 15 is 0 Å². The van der Waals surface area contributed by atoms with Gasteiger partial charge < -0.3 is 9.67 Å². The highest BCUT2D eigenvalue weighted by molar-refractivity contribution is 5.76. The summed E-state index contributed by atoms with van der Waals surface area (Å²) in [5, 5.41) is 9.18. The molecule has 0 saturated heterocycles. The van der Waals surface area contributed by atoms with E-state index in [-0.39, 0.29) is 5.56 Å². The molecule has 0 fully saturated rings. The Hall–Kier alpha value is -1.49. The van der Waals surface area contributed by atoms with Gasteiger partial charge >= 0.3 is 0 Å². The summed E-state index contributed by atoms with van der Waals surface area (Å²) in [6.07, 6.45) is -2.91. The van der Waals surface area contributed by atoms with Crippen molar-refractivity contribution in [2.75, 3.05) is 0 Å². The monoisotopic (exact) mass is 212 g/mol. The molecule has 2 aromatic rings. The summed E-state index contributed by atoms with van der Waals surface area (Å²) in [6.45, 7) is 0. The number of benzene rings is 1. The van der Waals surface area contributed by atoms with Crippen molar-refractivity contribution in [2.24, 2.45) is 7.05 Å². The lowest BCUT2D eigenvalue weighted by molar-refractivity contribution is -0.00571. The van der Waals surface area contributed by atoms with Crippen LogP contribution >= 0.6 is 0 Å². The van der Waals surface area contributed by atoms with Crippen LogP contribution in [-0.2, 0) is 7.05 Å². The molecule has 15 heavy (non-hydrogen) atoms. The average molecular weight is 212 g/mol. The van der Waals surface area contributed by atoms with Gasteiger partial charge in [0.15, 0.2) is 0 Å². The van der Waals surface area contributed by atoms with Crippen LogP contribution in [0.15, 0.2) is 24.5 Å². The fraction of sp³-hybridized carbons (Fsp3) is 0.300. The van der Waals surface area contributed by atoms with Crippen molar-refractivity contribution in [1.29, 1.82) is 0 Å². The van der Waals surface area contributed by atoms with E-state index < -0.39 is 12.5 Å². The summed E-state index contributed by atoms with van der Waals surface area (Å²) >= 11 is 0. The maximum absolute atomic E-state index is 12.2. The van der Waals surface area contributed by atoms with Crippen LogP contribution in [0.25, 0.3) is 11.0 Å². The molecular formula is C10H10F2N2O. The molecule has 0 amide bonds. The number of aliphatic hydroxyl groups is 1. The molecule has 1 aromatic carbocycles. The van der Waals surface area contributed by atoms with Gasteiger partial charge in [-0.1, -0.05) is 6.07 Å². The Morgan fingerprint density at radius 2 is 2.13 bits per heavy atom. The van der Waals surface area contributed by atoms with E-state index in [0.29, 0.717) is 5.52 Å². The third kappa shape index (κ3) is 1.70. The molecule has 0 aliphatic heterocycles. The molecule has 1 N–H and O–H groups in total. The lowest BCUT2D eigenvalue weighted by Crippen LogP contribution is -2.07. The number of alkyl halides is 2. The van der Waals surface area contributed by atoms with E-state index in [1.807, 2.05) is 7.05 Å². The largest absolute Gasteiger partial charge is 0.382 e. The SMILES string of the molecule is Cn1cnc2cc(C(O)C(F)F)ccc21. The van der Waals surface area contributed by atoms with Gasteiger partial charge in [0.1, 0.15) is 6.10 Å². The standard InChI is InChI=1S/C10H10F2N2O/c1-14-5-13-7-4-6(2-3-8(7)14)9(15)10(11)12/h2-5,9-10,15H,1H3. The quantitative estimate of drug-likeness (QED) is 0.825. The first-order valence-electron chi connectivity index (χ1n) is 4.47. The minimum Gasteiger partial charge on any atom is -0.382 e. The Morgan fingerprint density at radius 1 is 1.40 bits per heavy atom. The average Bonchev–Trinajstić information content (AvgIpc) is 2.59. The fourth-order valence-electron chi connectivity index (χ4n) is 1.48. The normalized spacial score (nSPS) is 13.7. The van der Waals surface area contributed by atoms with Crippen molar-refractivity contribution in [3.8, 4) is 0 Å². The zero-order chi connectivity index (χ0) is 11.0. The maximum atomic E-state index is 12.2. The Kier molecular flexibility index (Phi) is 2.40. The lowest BCUT2D eigenvalue weighted by Gasteiger charge is -2.09. The molecule has 1 unspecified atom stereocenters. The number of aromatic nitrogens is 2. The maximum Gasteiger partial charge on any atom is 0.268 e. The van der Waals surface area contributed by atoms with E-state index in [2.05, 4.69) is 4.98 Å². The second-order valence-corrected chi connectivity index (χ2v) is 3.38. The zero-order valence-electron chi connectivity index (χ0n) is 8.06. The van der Waals surface area contributed by atoms with E-state index in [1.54, 1.807) is 17.0 Å². The second kappa shape index (κ2) is 3.58. The van der Waals surface area contributed by atoms with E-state index in [0.717, 1.165) is 5.52 Å². The molecule has 2 rings (SSSR count). The van der Waals surface area contributed by atoms with Gasteiger partial charge in [-0.15, -0.1) is 0 Å². The summed E-state index contributed by atoms with van der Waals surface area (Å²) in [5.74, 6) is 0. The number of imidazole rings is 1. The van der Waals surface area contributed by atoms with Gasteiger partial charge in [-0.3, -0.25) is 0 Å². The molecule has 0 bridgehead atoms. The Bertz CT molecular complexity index is 481. The molecule has 1 aromatic heterocycles. The molecule has 0 radical (unpaired) electrons. The smallest absolute Gasteiger partial charge is 0.268 e. The predicted molar refractivity (Wildman–Crippen MR) is 51.7 cm³/mol. The molecule has 0 spiro atoms. The number of aliphatic hydroxyl groups excluding tert-OH is 1. The van der Waals surface area contributed by atoms with E-state index in [4.69, 9.17) is 0 Å². The number of hydrogen-bond donors (Lipinski definition) is 1. The number of hydrogen-bond acceptors (Lipinski definition) is 2. The summed E-state index contributed by atoms with van der Waals surface area (Å²) in [4.78, 5) is 4.03.